The van der Waals surface area contributed by atoms with Gasteiger partial charge in [0, 0.05) is 9.51 Å². The summed E-state index contributed by atoms with van der Waals surface area (Å²) < 4.78 is 31.3. The second kappa shape index (κ2) is 8.30. The lowest BCUT2D eigenvalue weighted by atomic mass is 10.1. The van der Waals surface area contributed by atoms with Crippen molar-refractivity contribution in [3.05, 3.63) is 70.2 Å². The second-order valence-corrected chi connectivity index (χ2v) is 8.76. The molecule has 128 valence electrons. The van der Waals surface area contributed by atoms with Gasteiger partial charge in [-0.1, -0.05) is 57.9 Å². The van der Waals surface area contributed by atoms with Gasteiger partial charge in [-0.05, 0) is 49.2 Å². The van der Waals surface area contributed by atoms with Gasteiger partial charge in [0.05, 0.1) is 11.5 Å². The number of benzene rings is 2. The molecule has 24 heavy (non-hydrogen) atoms. The first-order valence-corrected chi connectivity index (χ1v) is 10.1. The van der Waals surface area contributed by atoms with E-state index in [2.05, 4.69) is 15.9 Å². The summed E-state index contributed by atoms with van der Waals surface area (Å²) in [5.74, 6) is 0. The van der Waals surface area contributed by atoms with Crippen molar-refractivity contribution in [2.24, 2.45) is 0 Å². The van der Waals surface area contributed by atoms with Gasteiger partial charge in [-0.15, -0.1) is 0 Å². The average molecular weight is 430 g/mol. The molecule has 0 N–H and O–H groups in total. The maximum absolute atomic E-state index is 12.5. The molecule has 0 aliphatic carbocycles. The molecule has 0 aliphatic rings. The van der Waals surface area contributed by atoms with Crippen molar-refractivity contribution < 1.29 is 13.2 Å². The third kappa shape index (κ3) is 4.70. The van der Waals surface area contributed by atoms with Crippen molar-refractivity contribution in [2.75, 3.05) is 0 Å². The fourth-order valence-corrected chi connectivity index (χ4v) is 3.58. The van der Waals surface area contributed by atoms with E-state index in [1.165, 1.54) is 0 Å². The van der Waals surface area contributed by atoms with Crippen LogP contribution in [-0.2, 0) is 21.2 Å². The van der Waals surface area contributed by atoms with Gasteiger partial charge in [-0.2, -0.15) is 0 Å². The van der Waals surface area contributed by atoms with Crippen molar-refractivity contribution in [3.63, 3.8) is 0 Å². The highest BCUT2D eigenvalue weighted by molar-refractivity contribution is 9.10. The van der Waals surface area contributed by atoms with E-state index in [0.717, 1.165) is 15.6 Å². The average Bonchev–Trinajstić information content (AvgIpc) is 2.59. The van der Waals surface area contributed by atoms with Crippen LogP contribution >= 0.6 is 27.5 Å². The summed E-state index contributed by atoms with van der Waals surface area (Å²) in [5.41, 5.74) is 0.869. The van der Waals surface area contributed by atoms with Gasteiger partial charge < -0.3 is 4.74 Å². The van der Waals surface area contributed by atoms with Gasteiger partial charge in [0.2, 0.25) is 9.84 Å². The predicted octanol–water partition coefficient (Wildman–Crippen LogP) is 5.39. The normalized spacial score (nSPS) is 13.8. The van der Waals surface area contributed by atoms with Crippen LogP contribution in [0.2, 0.25) is 0 Å². The van der Waals surface area contributed by atoms with Gasteiger partial charge in [0.25, 0.3) is 0 Å². The fraction of sp³-hybridized carbons (Fsp3) is 0.222. The first-order chi connectivity index (χ1) is 11.3. The molecule has 0 fully saturated rings. The van der Waals surface area contributed by atoms with Crippen LogP contribution in [0.4, 0.5) is 0 Å². The Morgan fingerprint density at radius 1 is 1.17 bits per heavy atom. The third-order valence-corrected chi connectivity index (χ3v) is 6.45. The Bertz CT molecular complexity index is 812. The van der Waals surface area contributed by atoms with Gasteiger partial charge >= 0.3 is 0 Å². The molecule has 6 heteroatoms. The molecule has 1 unspecified atom stereocenters. The van der Waals surface area contributed by atoms with Gasteiger partial charge in [-0.3, -0.25) is 0 Å². The lowest BCUT2D eigenvalue weighted by Gasteiger charge is -2.14. The van der Waals surface area contributed by atoms with Gasteiger partial charge in [0.15, 0.2) is 5.44 Å². The van der Waals surface area contributed by atoms with Crippen LogP contribution in [0.3, 0.4) is 0 Å². The molecular weight excluding hydrogens is 412 g/mol. The maximum Gasteiger partial charge on any atom is 0.204 e. The highest BCUT2D eigenvalue weighted by atomic mass is 79.9. The monoisotopic (exact) mass is 428 g/mol. The smallest absolute Gasteiger partial charge is 0.204 e. The van der Waals surface area contributed by atoms with Crippen molar-refractivity contribution in [3.8, 4) is 0 Å². The molecule has 2 aromatic carbocycles. The number of allylic oxidation sites excluding steroid dienone is 1. The topological polar surface area (TPSA) is 43.4 Å². The summed E-state index contributed by atoms with van der Waals surface area (Å²) in [6.45, 7) is 3.63. The Kier molecular flexibility index (Phi) is 6.63. The minimum Gasteiger partial charge on any atom is -0.358 e. The van der Waals surface area contributed by atoms with E-state index in [9.17, 15) is 8.42 Å². The molecule has 0 amide bonds. The zero-order valence-electron chi connectivity index (χ0n) is 13.4. The largest absolute Gasteiger partial charge is 0.358 e. The molecule has 0 saturated heterocycles. The molecule has 2 aromatic rings. The Morgan fingerprint density at radius 3 is 2.29 bits per heavy atom. The van der Waals surface area contributed by atoms with E-state index in [-0.39, 0.29) is 11.5 Å². The first-order valence-electron chi connectivity index (χ1n) is 7.37. The predicted molar refractivity (Wildman–Crippen MR) is 102 cm³/mol. The summed E-state index contributed by atoms with van der Waals surface area (Å²) in [7, 11) is -3.52. The molecule has 0 aromatic heterocycles. The molecule has 0 aliphatic heterocycles. The van der Waals surface area contributed by atoms with E-state index < -0.39 is 15.3 Å². The number of halogens is 2. The molecule has 0 saturated carbocycles. The zero-order valence-corrected chi connectivity index (χ0v) is 16.5. The van der Waals surface area contributed by atoms with Crippen LogP contribution < -0.4 is 0 Å². The Hall–Kier alpha value is -1.14. The van der Waals surface area contributed by atoms with Crippen LogP contribution in [0, 0.1) is 0 Å². The van der Waals surface area contributed by atoms with Gasteiger partial charge in [-0.25, -0.2) is 8.42 Å². The standard InChI is InChI=1S/C18H18BrClO3S/c1-3-18(20)15-6-4-14(5-7-15)12-23-13(2)24(21,22)17-10-8-16(19)9-11-17/h3-11,13H,12H2,1-2H3/b18-3+. The quantitative estimate of drug-likeness (QED) is 0.618. The van der Waals surface area contributed by atoms with Crippen LogP contribution in [0.15, 0.2) is 64.0 Å². The lowest BCUT2D eigenvalue weighted by Crippen LogP contribution is -2.21. The molecule has 0 bridgehead atoms. The molecule has 0 radical (unpaired) electrons. The van der Waals surface area contributed by atoms with Crippen LogP contribution in [0.1, 0.15) is 25.0 Å². The Labute approximate surface area is 156 Å². The summed E-state index contributed by atoms with van der Waals surface area (Å²) in [5, 5.41) is 0.675. The fourth-order valence-electron chi connectivity index (χ4n) is 2.05. The summed E-state index contributed by atoms with van der Waals surface area (Å²) in [4.78, 5) is 0.244. The SMILES string of the molecule is C/C=C(/Cl)c1ccc(COC(C)S(=O)(=O)c2ccc(Br)cc2)cc1. The molecule has 3 nitrogen and oxygen atoms in total. The van der Waals surface area contributed by atoms with E-state index in [1.807, 2.05) is 37.3 Å². The number of hydrogen-bond acceptors (Lipinski definition) is 3. The summed E-state index contributed by atoms with van der Waals surface area (Å²) >= 11 is 9.35. The van der Waals surface area contributed by atoms with Crippen molar-refractivity contribution in [1.29, 1.82) is 0 Å². The van der Waals surface area contributed by atoms with Crippen molar-refractivity contribution in [2.45, 2.75) is 30.8 Å². The summed E-state index contributed by atoms with van der Waals surface area (Å²) in [6.07, 6.45) is 1.82. The number of sulfone groups is 1. The van der Waals surface area contributed by atoms with E-state index in [1.54, 1.807) is 31.2 Å². The Morgan fingerprint density at radius 2 is 1.75 bits per heavy atom. The van der Waals surface area contributed by atoms with Crippen LogP contribution in [0.25, 0.3) is 5.03 Å². The first kappa shape index (κ1) is 19.2. The van der Waals surface area contributed by atoms with Crippen molar-refractivity contribution in [1.82, 2.24) is 0 Å². The molecule has 0 heterocycles. The van der Waals surface area contributed by atoms with Crippen molar-refractivity contribution >= 4 is 42.4 Å². The minimum atomic E-state index is -3.52. The van der Waals surface area contributed by atoms with Gasteiger partial charge in [0.1, 0.15) is 0 Å². The van der Waals surface area contributed by atoms with Crippen LogP contribution in [0.5, 0.6) is 0 Å². The van der Waals surface area contributed by atoms with E-state index >= 15 is 0 Å². The highest BCUT2D eigenvalue weighted by Crippen LogP contribution is 2.22. The zero-order chi connectivity index (χ0) is 17.7. The molecule has 2 rings (SSSR count). The number of ether oxygens (including phenoxy) is 1. The third-order valence-electron chi connectivity index (χ3n) is 3.55. The Balaban J connectivity index is 2.04. The highest BCUT2D eigenvalue weighted by Gasteiger charge is 2.23. The molecular formula is C18H18BrClO3S. The van der Waals surface area contributed by atoms with E-state index in [0.29, 0.717) is 5.03 Å². The molecule has 0 spiro atoms. The van der Waals surface area contributed by atoms with Crippen LogP contribution in [-0.4, -0.2) is 13.9 Å². The number of hydrogen-bond donors (Lipinski definition) is 0. The maximum atomic E-state index is 12.5. The molecule has 1 atom stereocenters. The lowest BCUT2D eigenvalue weighted by molar-refractivity contribution is 0.103. The van der Waals surface area contributed by atoms with E-state index in [4.69, 9.17) is 16.3 Å². The number of rotatable bonds is 6. The minimum absolute atomic E-state index is 0.213. The summed E-state index contributed by atoms with van der Waals surface area (Å²) in [6, 6.07) is 14.0. The second-order valence-electron chi connectivity index (χ2n) is 5.21.